The zero-order valence-electron chi connectivity index (χ0n) is 12.4. The molecule has 1 aromatic rings. The van der Waals surface area contributed by atoms with E-state index in [-0.39, 0.29) is 17.8 Å². The van der Waals surface area contributed by atoms with Crippen LogP contribution >= 0.6 is 0 Å². The van der Waals surface area contributed by atoms with Crippen molar-refractivity contribution in [2.45, 2.75) is 38.3 Å². The molecule has 2 aliphatic rings. The van der Waals surface area contributed by atoms with Crippen molar-refractivity contribution >= 4 is 11.9 Å². The molecule has 118 valence electrons. The average molecular weight is 305 g/mol. The fourth-order valence-corrected chi connectivity index (χ4v) is 3.05. The van der Waals surface area contributed by atoms with E-state index >= 15 is 0 Å². The minimum absolute atomic E-state index is 0.116. The molecule has 0 aliphatic carbocycles. The molecule has 0 bridgehead atoms. The van der Waals surface area contributed by atoms with Gasteiger partial charge in [0, 0.05) is 19.6 Å². The van der Waals surface area contributed by atoms with Gasteiger partial charge in [0.25, 0.3) is 0 Å². The summed E-state index contributed by atoms with van der Waals surface area (Å²) in [6.45, 7) is 1.52. The van der Waals surface area contributed by atoms with Crippen LogP contribution in [0.1, 0.15) is 30.4 Å². The molecule has 2 heterocycles. The number of urea groups is 1. The van der Waals surface area contributed by atoms with Gasteiger partial charge in [0.05, 0.1) is 0 Å². The summed E-state index contributed by atoms with van der Waals surface area (Å²) in [5.41, 5.74) is 1.53. The lowest BCUT2D eigenvalue weighted by Crippen LogP contribution is -2.51. The maximum absolute atomic E-state index is 13.7. The number of carbonyl (C=O) groups excluding carboxylic acids is 2. The Labute approximate surface area is 128 Å². The summed E-state index contributed by atoms with van der Waals surface area (Å²) in [5, 5.41) is 5.61. The zero-order chi connectivity index (χ0) is 15.5. The third-order valence-corrected chi connectivity index (χ3v) is 4.33. The molecule has 0 radical (unpaired) electrons. The highest BCUT2D eigenvalue weighted by Gasteiger charge is 2.27. The highest BCUT2D eigenvalue weighted by Crippen LogP contribution is 2.21. The van der Waals surface area contributed by atoms with E-state index in [1.807, 2.05) is 6.07 Å². The highest BCUT2D eigenvalue weighted by molar-refractivity contribution is 5.87. The number of hydrogen-bond donors (Lipinski definition) is 2. The topological polar surface area (TPSA) is 61.4 Å². The lowest BCUT2D eigenvalue weighted by atomic mass is 9.99. The monoisotopic (exact) mass is 305 g/mol. The molecule has 0 spiro atoms. The Morgan fingerprint density at radius 1 is 1.36 bits per heavy atom. The minimum Gasteiger partial charge on any atom is -0.354 e. The molecule has 1 fully saturated rings. The molecule has 1 saturated heterocycles. The Bertz CT molecular complexity index is 591. The number of carbonyl (C=O) groups is 2. The van der Waals surface area contributed by atoms with Crippen LogP contribution in [0.25, 0.3) is 0 Å². The summed E-state index contributed by atoms with van der Waals surface area (Å²) in [5.74, 6) is -0.324. The first kappa shape index (κ1) is 14.8. The van der Waals surface area contributed by atoms with Gasteiger partial charge in [-0.25, -0.2) is 9.18 Å². The molecule has 1 atom stereocenters. The van der Waals surface area contributed by atoms with Crippen molar-refractivity contribution in [1.29, 1.82) is 0 Å². The summed E-state index contributed by atoms with van der Waals surface area (Å²) < 4.78 is 13.7. The lowest BCUT2D eigenvalue weighted by Gasteiger charge is -2.30. The Hall–Kier alpha value is -2.11. The van der Waals surface area contributed by atoms with Crippen LogP contribution in [0.2, 0.25) is 0 Å². The molecular weight excluding hydrogens is 285 g/mol. The number of fused-ring (bicyclic) bond motifs is 1. The fraction of sp³-hybridized carbons (Fsp3) is 0.500. The zero-order valence-corrected chi connectivity index (χ0v) is 12.4. The molecule has 1 unspecified atom stereocenters. The Kier molecular flexibility index (Phi) is 4.27. The first-order chi connectivity index (χ1) is 10.6. The van der Waals surface area contributed by atoms with E-state index in [1.54, 1.807) is 11.0 Å². The van der Waals surface area contributed by atoms with Crippen LogP contribution in [0.4, 0.5) is 9.18 Å². The minimum atomic E-state index is -0.469. The number of amides is 3. The summed E-state index contributed by atoms with van der Waals surface area (Å²) in [7, 11) is 0. The number of nitrogens with one attached hydrogen (secondary N) is 2. The Balaban J connectivity index is 1.65. The number of halogens is 1. The Morgan fingerprint density at radius 3 is 3.09 bits per heavy atom. The number of benzene rings is 1. The highest BCUT2D eigenvalue weighted by atomic mass is 19.1. The van der Waals surface area contributed by atoms with Crippen molar-refractivity contribution in [3.05, 3.63) is 35.1 Å². The van der Waals surface area contributed by atoms with Crippen LogP contribution in [0, 0.1) is 5.82 Å². The second-order valence-corrected chi connectivity index (χ2v) is 5.84. The van der Waals surface area contributed by atoms with Crippen LogP contribution < -0.4 is 10.6 Å². The first-order valence-electron chi connectivity index (χ1n) is 7.74. The van der Waals surface area contributed by atoms with Crippen LogP contribution in [0.15, 0.2) is 18.2 Å². The molecule has 2 aliphatic heterocycles. The van der Waals surface area contributed by atoms with Crippen molar-refractivity contribution in [1.82, 2.24) is 15.5 Å². The second kappa shape index (κ2) is 6.34. The summed E-state index contributed by atoms with van der Waals surface area (Å²) in [6, 6.07) is 4.23. The molecule has 0 saturated carbocycles. The maximum Gasteiger partial charge on any atom is 0.318 e. The summed E-state index contributed by atoms with van der Waals surface area (Å²) >= 11 is 0. The van der Waals surface area contributed by atoms with Crippen LogP contribution in [0.3, 0.4) is 0 Å². The molecule has 3 amide bonds. The SMILES string of the molecule is O=C1NCCCCC1NC(=O)N1CCc2c(F)cccc2C1. The smallest absolute Gasteiger partial charge is 0.318 e. The molecule has 0 aromatic heterocycles. The van der Waals surface area contributed by atoms with Gasteiger partial charge >= 0.3 is 6.03 Å². The number of hydrogen-bond acceptors (Lipinski definition) is 2. The van der Waals surface area contributed by atoms with E-state index in [2.05, 4.69) is 10.6 Å². The fourth-order valence-electron chi connectivity index (χ4n) is 3.05. The van der Waals surface area contributed by atoms with Gasteiger partial charge in [0.1, 0.15) is 11.9 Å². The molecule has 6 heteroatoms. The lowest BCUT2D eigenvalue weighted by molar-refractivity contribution is -0.122. The van der Waals surface area contributed by atoms with Crippen LogP contribution in [-0.4, -0.2) is 36.0 Å². The van der Waals surface area contributed by atoms with Gasteiger partial charge in [-0.2, -0.15) is 0 Å². The molecule has 2 N–H and O–H groups in total. The van der Waals surface area contributed by atoms with Gasteiger partial charge in [0.2, 0.25) is 5.91 Å². The Morgan fingerprint density at radius 2 is 2.23 bits per heavy atom. The van der Waals surface area contributed by atoms with Crippen molar-refractivity contribution in [2.24, 2.45) is 0 Å². The number of nitrogens with zero attached hydrogens (tertiary/aromatic N) is 1. The van der Waals surface area contributed by atoms with E-state index in [0.717, 1.165) is 18.4 Å². The van der Waals surface area contributed by atoms with Gasteiger partial charge < -0.3 is 15.5 Å². The molecule has 1 aromatic carbocycles. The van der Waals surface area contributed by atoms with Crippen molar-refractivity contribution in [3.8, 4) is 0 Å². The first-order valence-corrected chi connectivity index (χ1v) is 7.74. The molecule has 3 rings (SSSR count). The predicted octanol–water partition coefficient (Wildman–Crippen LogP) is 1.56. The van der Waals surface area contributed by atoms with Crippen LogP contribution in [0.5, 0.6) is 0 Å². The molecule has 22 heavy (non-hydrogen) atoms. The normalized spacial score (nSPS) is 21.6. The van der Waals surface area contributed by atoms with E-state index in [9.17, 15) is 14.0 Å². The molecule has 5 nitrogen and oxygen atoms in total. The number of rotatable bonds is 1. The second-order valence-electron chi connectivity index (χ2n) is 5.84. The van der Waals surface area contributed by atoms with Crippen LogP contribution in [-0.2, 0) is 17.8 Å². The van der Waals surface area contributed by atoms with E-state index < -0.39 is 6.04 Å². The quantitative estimate of drug-likeness (QED) is 0.827. The van der Waals surface area contributed by atoms with Gasteiger partial charge in [-0.15, -0.1) is 0 Å². The third-order valence-electron chi connectivity index (χ3n) is 4.33. The van der Waals surface area contributed by atoms with Crippen molar-refractivity contribution < 1.29 is 14.0 Å². The summed E-state index contributed by atoms with van der Waals surface area (Å²) in [6.07, 6.45) is 3.02. The third kappa shape index (κ3) is 3.05. The average Bonchev–Trinajstić information content (AvgIpc) is 2.72. The summed E-state index contributed by atoms with van der Waals surface area (Å²) in [4.78, 5) is 25.9. The van der Waals surface area contributed by atoms with Gasteiger partial charge in [-0.05, 0) is 42.9 Å². The van der Waals surface area contributed by atoms with E-state index in [1.165, 1.54) is 6.07 Å². The van der Waals surface area contributed by atoms with Crippen molar-refractivity contribution in [3.63, 3.8) is 0 Å². The van der Waals surface area contributed by atoms with Gasteiger partial charge in [0.15, 0.2) is 0 Å². The standard InChI is InChI=1S/C16H20FN3O2/c17-13-5-3-4-11-10-20(9-7-12(11)13)16(22)19-14-6-1-2-8-18-15(14)21/h3-5,14H,1-2,6-10H2,(H,18,21)(H,19,22). The van der Waals surface area contributed by atoms with E-state index in [0.29, 0.717) is 38.0 Å². The van der Waals surface area contributed by atoms with Gasteiger partial charge in [-0.3, -0.25) is 4.79 Å². The van der Waals surface area contributed by atoms with Crippen molar-refractivity contribution in [2.75, 3.05) is 13.1 Å². The molecular formula is C16H20FN3O2. The van der Waals surface area contributed by atoms with Gasteiger partial charge in [-0.1, -0.05) is 12.1 Å². The van der Waals surface area contributed by atoms with E-state index in [4.69, 9.17) is 0 Å². The maximum atomic E-state index is 13.7. The largest absolute Gasteiger partial charge is 0.354 e. The predicted molar refractivity (Wildman–Crippen MR) is 79.7 cm³/mol.